The van der Waals surface area contributed by atoms with E-state index in [0.29, 0.717) is 17.1 Å². The van der Waals surface area contributed by atoms with E-state index in [1.54, 1.807) is 26.4 Å². The normalized spacial score (nSPS) is 11.5. The van der Waals surface area contributed by atoms with Gasteiger partial charge in [-0.1, -0.05) is 5.11 Å². The monoisotopic (exact) mass is 237 g/mol. The van der Waals surface area contributed by atoms with Gasteiger partial charge in [-0.25, -0.2) is 0 Å². The quantitative estimate of drug-likeness (QED) is 0.484. The van der Waals surface area contributed by atoms with Gasteiger partial charge in [-0.05, 0) is 30.2 Å². The topological polar surface area (TPSA) is 87.5 Å². The van der Waals surface area contributed by atoms with Gasteiger partial charge in [-0.15, -0.1) is 0 Å². The van der Waals surface area contributed by atoms with Gasteiger partial charge >= 0.3 is 0 Å². The van der Waals surface area contributed by atoms with Crippen molar-refractivity contribution < 1.29 is 14.6 Å². The van der Waals surface area contributed by atoms with E-state index in [4.69, 9.17) is 20.1 Å². The molecule has 0 spiro atoms. The molecule has 0 aliphatic rings. The molecular weight excluding hydrogens is 222 g/mol. The van der Waals surface area contributed by atoms with Gasteiger partial charge in [0, 0.05) is 10.5 Å². The minimum Gasteiger partial charge on any atom is -0.496 e. The third-order valence-corrected chi connectivity index (χ3v) is 2.52. The van der Waals surface area contributed by atoms with E-state index < -0.39 is 6.04 Å². The average molecular weight is 237 g/mol. The molecule has 0 aromatic heterocycles. The molecule has 1 aromatic carbocycles. The zero-order valence-electron chi connectivity index (χ0n) is 10.0. The molecule has 0 aliphatic heterocycles. The minimum atomic E-state index is -0.636. The van der Waals surface area contributed by atoms with Gasteiger partial charge in [0.15, 0.2) is 0 Å². The number of azide groups is 1. The SMILES string of the molecule is COc1cc(C(CO)N=[N+]=[N-])cc(OC)c1C. The highest BCUT2D eigenvalue weighted by atomic mass is 16.5. The van der Waals surface area contributed by atoms with Crippen molar-refractivity contribution in [3.63, 3.8) is 0 Å². The lowest BCUT2D eigenvalue weighted by Crippen LogP contribution is -2.02. The number of hydrogen-bond acceptors (Lipinski definition) is 4. The van der Waals surface area contributed by atoms with Gasteiger partial charge in [-0.3, -0.25) is 0 Å². The molecule has 6 heteroatoms. The maximum atomic E-state index is 9.16. The maximum Gasteiger partial charge on any atom is 0.125 e. The van der Waals surface area contributed by atoms with Crippen LogP contribution in [0.25, 0.3) is 10.4 Å². The van der Waals surface area contributed by atoms with Crippen molar-refractivity contribution in [1.29, 1.82) is 0 Å². The Labute approximate surface area is 99.4 Å². The Morgan fingerprint density at radius 2 is 1.88 bits per heavy atom. The molecule has 0 bridgehead atoms. The Morgan fingerprint density at radius 1 is 1.35 bits per heavy atom. The van der Waals surface area contributed by atoms with Crippen LogP contribution in [0.1, 0.15) is 17.2 Å². The average Bonchev–Trinajstić information content (AvgIpc) is 2.36. The first-order valence-electron chi connectivity index (χ1n) is 5.05. The molecule has 0 heterocycles. The number of aliphatic hydroxyl groups excluding tert-OH is 1. The first kappa shape index (κ1) is 13.2. The van der Waals surface area contributed by atoms with E-state index in [-0.39, 0.29) is 6.61 Å². The zero-order chi connectivity index (χ0) is 12.8. The number of aliphatic hydroxyl groups is 1. The van der Waals surface area contributed by atoms with Crippen LogP contribution in [0.5, 0.6) is 11.5 Å². The van der Waals surface area contributed by atoms with Crippen molar-refractivity contribution in [2.45, 2.75) is 13.0 Å². The lowest BCUT2D eigenvalue weighted by atomic mass is 10.0. The van der Waals surface area contributed by atoms with Crippen molar-refractivity contribution in [2.24, 2.45) is 5.11 Å². The molecule has 17 heavy (non-hydrogen) atoms. The molecule has 92 valence electrons. The second kappa shape index (κ2) is 5.98. The Balaban J connectivity index is 3.29. The lowest BCUT2D eigenvalue weighted by Gasteiger charge is -2.15. The summed E-state index contributed by atoms with van der Waals surface area (Å²) < 4.78 is 10.4. The fourth-order valence-electron chi connectivity index (χ4n) is 1.57. The molecule has 0 saturated heterocycles. The van der Waals surface area contributed by atoms with Gasteiger partial charge < -0.3 is 14.6 Å². The molecule has 0 saturated carbocycles. The van der Waals surface area contributed by atoms with Crippen LogP contribution < -0.4 is 9.47 Å². The highest BCUT2D eigenvalue weighted by molar-refractivity contribution is 5.48. The van der Waals surface area contributed by atoms with Crippen LogP contribution in [-0.2, 0) is 0 Å². The summed E-state index contributed by atoms with van der Waals surface area (Å²) in [7, 11) is 3.10. The molecule has 1 aromatic rings. The van der Waals surface area contributed by atoms with Crippen LogP contribution in [-0.4, -0.2) is 25.9 Å². The van der Waals surface area contributed by atoms with E-state index in [2.05, 4.69) is 10.0 Å². The smallest absolute Gasteiger partial charge is 0.125 e. The van der Waals surface area contributed by atoms with Gasteiger partial charge in [0.2, 0.25) is 0 Å². The molecule has 0 aliphatic carbocycles. The van der Waals surface area contributed by atoms with Crippen molar-refractivity contribution in [3.05, 3.63) is 33.7 Å². The first-order chi connectivity index (χ1) is 8.17. The van der Waals surface area contributed by atoms with Gasteiger partial charge in [0.05, 0.1) is 26.9 Å². The van der Waals surface area contributed by atoms with Crippen molar-refractivity contribution in [3.8, 4) is 11.5 Å². The highest BCUT2D eigenvalue weighted by Crippen LogP contribution is 2.32. The predicted molar refractivity (Wildman–Crippen MR) is 63.3 cm³/mol. The number of hydrogen-bond donors (Lipinski definition) is 1. The van der Waals surface area contributed by atoms with E-state index in [9.17, 15) is 0 Å². The molecule has 0 amide bonds. The Kier molecular flexibility index (Phi) is 4.63. The summed E-state index contributed by atoms with van der Waals surface area (Å²) >= 11 is 0. The van der Waals surface area contributed by atoms with Gasteiger partial charge in [0.1, 0.15) is 11.5 Å². The summed E-state index contributed by atoms with van der Waals surface area (Å²) in [6.07, 6.45) is 0. The molecule has 1 atom stereocenters. The van der Waals surface area contributed by atoms with Crippen LogP contribution >= 0.6 is 0 Å². The van der Waals surface area contributed by atoms with Crippen molar-refractivity contribution in [1.82, 2.24) is 0 Å². The Bertz CT molecular complexity index is 417. The number of ether oxygens (including phenoxy) is 2. The highest BCUT2D eigenvalue weighted by Gasteiger charge is 2.14. The summed E-state index contributed by atoms with van der Waals surface area (Å²) in [5, 5.41) is 12.7. The summed E-state index contributed by atoms with van der Waals surface area (Å²) in [6.45, 7) is 1.60. The van der Waals surface area contributed by atoms with Crippen molar-refractivity contribution in [2.75, 3.05) is 20.8 Å². The van der Waals surface area contributed by atoms with Crippen LogP contribution in [0.15, 0.2) is 17.2 Å². The standard InChI is InChI=1S/C11H15N3O3/c1-7-10(16-2)4-8(5-11(7)17-3)9(6-15)13-14-12/h4-5,9,15H,6H2,1-3H3. The van der Waals surface area contributed by atoms with Crippen molar-refractivity contribution >= 4 is 0 Å². The summed E-state index contributed by atoms with van der Waals surface area (Å²) in [4.78, 5) is 2.70. The van der Waals surface area contributed by atoms with E-state index in [1.807, 2.05) is 6.92 Å². The van der Waals surface area contributed by atoms with Gasteiger partial charge in [0.25, 0.3) is 0 Å². The number of nitrogens with zero attached hydrogens (tertiary/aromatic N) is 3. The zero-order valence-corrected chi connectivity index (χ0v) is 10.0. The molecule has 0 radical (unpaired) electrons. The summed E-state index contributed by atoms with van der Waals surface area (Å²) in [5.41, 5.74) is 9.94. The predicted octanol–water partition coefficient (Wildman–Crippen LogP) is 2.36. The van der Waals surface area contributed by atoms with E-state index >= 15 is 0 Å². The number of rotatable bonds is 5. The van der Waals surface area contributed by atoms with Crippen LogP contribution in [0.4, 0.5) is 0 Å². The first-order valence-corrected chi connectivity index (χ1v) is 5.05. The Morgan fingerprint density at radius 3 is 2.24 bits per heavy atom. The third kappa shape index (κ3) is 2.81. The molecule has 6 nitrogen and oxygen atoms in total. The van der Waals surface area contributed by atoms with Gasteiger partial charge in [-0.2, -0.15) is 0 Å². The second-order valence-corrected chi connectivity index (χ2v) is 3.45. The number of benzene rings is 1. The third-order valence-electron chi connectivity index (χ3n) is 2.52. The van der Waals surface area contributed by atoms with E-state index in [1.165, 1.54) is 0 Å². The second-order valence-electron chi connectivity index (χ2n) is 3.45. The lowest BCUT2D eigenvalue weighted by molar-refractivity contribution is 0.267. The largest absolute Gasteiger partial charge is 0.496 e. The maximum absolute atomic E-state index is 9.16. The van der Waals surface area contributed by atoms with E-state index in [0.717, 1.165) is 5.56 Å². The molecule has 0 fully saturated rings. The fraction of sp³-hybridized carbons (Fsp3) is 0.455. The molecule has 1 N–H and O–H groups in total. The summed E-state index contributed by atoms with van der Waals surface area (Å²) in [6, 6.07) is 2.82. The molecule has 1 unspecified atom stereocenters. The Hall–Kier alpha value is -1.91. The van der Waals surface area contributed by atoms with Crippen LogP contribution in [0.3, 0.4) is 0 Å². The molecule has 1 rings (SSSR count). The molecular formula is C11H15N3O3. The summed E-state index contributed by atoms with van der Waals surface area (Å²) in [5.74, 6) is 1.26. The minimum absolute atomic E-state index is 0.264. The van der Waals surface area contributed by atoms with Crippen LogP contribution in [0, 0.1) is 6.92 Å². The fourth-order valence-corrected chi connectivity index (χ4v) is 1.57. The number of methoxy groups -OCH3 is 2. The van der Waals surface area contributed by atoms with Crippen LogP contribution in [0.2, 0.25) is 0 Å².